The van der Waals surface area contributed by atoms with Crippen molar-refractivity contribution in [2.75, 3.05) is 5.32 Å². The smallest absolute Gasteiger partial charge is 0.270 e. The van der Waals surface area contributed by atoms with E-state index in [2.05, 4.69) is 19.7 Å². The summed E-state index contributed by atoms with van der Waals surface area (Å²) in [6.07, 6.45) is 2.53. The van der Waals surface area contributed by atoms with E-state index in [-0.39, 0.29) is 5.91 Å². The summed E-state index contributed by atoms with van der Waals surface area (Å²) in [7, 11) is 0. The van der Waals surface area contributed by atoms with Crippen LogP contribution in [0.1, 0.15) is 15.4 Å². The number of fused-ring (bicyclic) bond motifs is 2. The minimum atomic E-state index is -0.196. The molecule has 1 amide bonds. The number of aryl methyl sites for hydroxylation is 2. The number of aromatic nitrogens is 4. The quantitative estimate of drug-likeness (QED) is 0.471. The predicted molar refractivity (Wildman–Crippen MR) is 115 cm³/mol. The first-order valence-corrected chi connectivity index (χ1v) is 10.1. The Bertz CT molecular complexity index is 1310. The van der Waals surface area contributed by atoms with E-state index in [1.807, 2.05) is 71.3 Å². The zero-order valence-corrected chi connectivity index (χ0v) is 16.3. The maximum atomic E-state index is 13.0. The minimum Gasteiger partial charge on any atom is -0.310 e. The van der Waals surface area contributed by atoms with Crippen LogP contribution >= 0.6 is 11.5 Å². The normalized spacial score (nSPS) is 11.2. The minimum absolute atomic E-state index is 0.196. The molecule has 1 N–H and O–H groups in total. The molecule has 0 atom stereocenters. The molecule has 0 saturated heterocycles. The summed E-state index contributed by atoms with van der Waals surface area (Å²) in [5.41, 5.74) is 3.65. The average Bonchev–Trinajstić information content (AvgIpc) is 3.34. The van der Waals surface area contributed by atoms with Gasteiger partial charge in [-0.15, -0.1) is 0 Å². The van der Waals surface area contributed by atoms with E-state index in [9.17, 15) is 4.79 Å². The number of imidazole rings is 1. The van der Waals surface area contributed by atoms with Crippen molar-refractivity contribution in [3.8, 4) is 0 Å². The van der Waals surface area contributed by atoms with Gasteiger partial charge in [0.2, 0.25) is 5.95 Å². The summed E-state index contributed by atoms with van der Waals surface area (Å²) in [4.78, 5) is 22.6. The lowest BCUT2D eigenvalue weighted by Gasteiger charge is -2.09. The van der Waals surface area contributed by atoms with Gasteiger partial charge in [0.25, 0.3) is 5.91 Å². The predicted octanol–water partition coefficient (Wildman–Crippen LogP) is 4.54. The summed E-state index contributed by atoms with van der Waals surface area (Å²) in [5.74, 6) is 0.336. The number of hydrogen-bond acceptors (Lipinski definition) is 5. The topological polar surface area (TPSA) is 72.7 Å². The first kappa shape index (κ1) is 17.5. The van der Waals surface area contributed by atoms with Crippen LogP contribution in [0.15, 0.2) is 72.9 Å². The van der Waals surface area contributed by atoms with Gasteiger partial charge < -0.3 is 4.57 Å². The zero-order chi connectivity index (χ0) is 19.6. The molecule has 2 aromatic carbocycles. The van der Waals surface area contributed by atoms with E-state index in [4.69, 9.17) is 0 Å². The van der Waals surface area contributed by atoms with Gasteiger partial charge >= 0.3 is 0 Å². The van der Waals surface area contributed by atoms with Gasteiger partial charge in [-0.3, -0.25) is 15.1 Å². The standard InChI is InChI=1S/C22H17N5OS/c28-21(20-16-8-1-2-9-17(16)26-29-20)25-22-24-18-10-3-4-11-19(18)27(22)14-12-15-7-5-6-13-23-15/h1-11,13H,12,14H2,(H,24,25,28). The van der Waals surface area contributed by atoms with Crippen LogP contribution in [0.3, 0.4) is 0 Å². The van der Waals surface area contributed by atoms with Crippen LogP contribution in [0.5, 0.6) is 0 Å². The summed E-state index contributed by atoms with van der Waals surface area (Å²) >= 11 is 1.20. The van der Waals surface area contributed by atoms with Crippen LogP contribution in [-0.4, -0.2) is 24.8 Å². The van der Waals surface area contributed by atoms with Crippen LogP contribution in [0.4, 0.5) is 5.95 Å². The number of anilines is 1. The van der Waals surface area contributed by atoms with Crippen LogP contribution in [0.2, 0.25) is 0 Å². The Morgan fingerprint density at radius 2 is 1.76 bits per heavy atom. The molecule has 5 aromatic rings. The maximum Gasteiger partial charge on any atom is 0.270 e. The fourth-order valence-corrected chi connectivity index (χ4v) is 4.13. The number of benzene rings is 2. The second-order valence-electron chi connectivity index (χ2n) is 6.63. The van der Waals surface area contributed by atoms with Crippen LogP contribution in [0.25, 0.3) is 21.9 Å². The number of hydrogen-bond donors (Lipinski definition) is 1. The molecule has 0 aliphatic heterocycles. The Labute approximate surface area is 171 Å². The van der Waals surface area contributed by atoms with Gasteiger partial charge in [0.05, 0.1) is 16.6 Å². The molecule has 3 heterocycles. The van der Waals surface area contributed by atoms with E-state index in [1.54, 1.807) is 6.20 Å². The van der Waals surface area contributed by atoms with E-state index in [0.29, 0.717) is 17.4 Å². The van der Waals surface area contributed by atoms with Crippen molar-refractivity contribution in [3.05, 3.63) is 83.5 Å². The molecule has 0 radical (unpaired) electrons. The van der Waals surface area contributed by atoms with E-state index in [1.165, 1.54) is 11.5 Å². The second-order valence-corrected chi connectivity index (χ2v) is 7.40. The molecule has 142 valence electrons. The molecular formula is C22H17N5OS. The monoisotopic (exact) mass is 399 g/mol. The number of carbonyl (C=O) groups is 1. The van der Waals surface area contributed by atoms with E-state index in [0.717, 1.165) is 34.1 Å². The number of para-hydroxylation sites is 2. The highest BCUT2D eigenvalue weighted by Gasteiger charge is 2.18. The molecule has 5 rings (SSSR count). The molecular weight excluding hydrogens is 382 g/mol. The molecule has 0 unspecified atom stereocenters. The molecule has 29 heavy (non-hydrogen) atoms. The fraction of sp³-hybridized carbons (Fsp3) is 0.0909. The Morgan fingerprint density at radius 1 is 0.966 bits per heavy atom. The molecule has 0 aliphatic rings. The largest absolute Gasteiger partial charge is 0.310 e. The molecule has 0 bridgehead atoms. The first-order chi connectivity index (χ1) is 14.3. The second kappa shape index (κ2) is 7.44. The maximum absolute atomic E-state index is 13.0. The van der Waals surface area contributed by atoms with E-state index < -0.39 is 0 Å². The van der Waals surface area contributed by atoms with Crippen molar-refractivity contribution < 1.29 is 4.79 Å². The molecule has 0 fully saturated rings. The lowest BCUT2D eigenvalue weighted by Crippen LogP contribution is -2.16. The third-order valence-electron chi connectivity index (χ3n) is 4.79. The SMILES string of the molecule is O=C(Nc1nc2ccccc2n1CCc1ccccn1)c1snc2ccccc12. The molecule has 0 spiro atoms. The number of nitrogens with one attached hydrogen (secondary N) is 1. The van der Waals surface area contributed by atoms with Crippen molar-refractivity contribution in [2.24, 2.45) is 0 Å². The number of amides is 1. The Morgan fingerprint density at radius 3 is 2.62 bits per heavy atom. The number of rotatable bonds is 5. The first-order valence-electron chi connectivity index (χ1n) is 9.30. The van der Waals surface area contributed by atoms with Gasteiger partial charge in [0.1, 0.15) is 4.88 Å². The summed E-state index contributed by atoms with van der Waals surface area (Å²) in [6.45, 7) is 0.663. The number of nitrogens with zero attached hydrogens (tertiary/aromatic N) is 4. The number of pyridine rings is 1. The van der Waals surface area contributed by atoms with E-state index >= 15 is 0 Å². The highest BCUT2D eigenvalue weighted by atomic mass is 32.1. The van der Waals surface area contributed by atoms with Crippen LogP contribution in [-0.2, 0) is 13.0 Å². The van der Waals surface area contributed by atoms with Crippen LogP contribution in [0, 0.1) is 0 Å². The summed E-state index contributed by atoms with van der Waals surface area (Å²) < 4.78 is 6.40. The molecule has 6 nitrogen and oxygen atoms in total. The highest BCUT2D eigenvalue weighted by molar-refractivity contribution is 7.09. The van der Waals surface area contributed by atoms with Crippen molar-refractivity contribution in [3.63, 3.8) is 0 Å². The van der Waals surface area contributed by atoms with Gasteiger partial charge in [0.15, 0.2) is 0 Å². The fourth-order valence-electron chi connectivity index (χ4n) is 3.38. The van der Waals surface area contributed by atoms with Gasteiger partial charge in [-0.1, -0.05) is 36.4 Å². The molecule has 0 aliphatic carbocycles. The van der Waals surface area contributed by atoms with Crippen molar-refractivity contribution in [2.45, 2.75) is 13.0 Å². The highest BCUT2D eigenvalue weighted by Crippen LogP contribution is 2.25. The molecule has 0 saturated carbocycles. The lowest BCUT2D eigenvalue weighted by molar-refractivity contribution is 0.103. The number of carbonyl (C=O) groups excluding carboxylic acids is 1. The average molecular weight is 399 g/mol. The Kier molecular flexibility index (Phi) is 4.50. The van der Waals surface area contributed by atoms with Gasteiger partial charge in [0, 0.05) is 30.2 Å². The van der Waals surface area contributed by atoms with Crippen molar-refractivity contribution in [1.82, 2.24) is 18.9 Å². The van der Waals surface area contributed by atoms with Gasteiger partial charge in [-0.05, 0) is 41.9 Å². The molecule has 7 heteroatoms. The van der Waals surface area contributed by atoms with Gasteiger partial charge in [-0.25, -0.2) is 4.98 Å². The third kappa shape index (κ3) is 3.36. The summed E-state index contributed by atoms with van der Waals surface area (Å²) in [6, 6.07) is 21.4. The zero-order valence-electron chi connectivity index (χ0n) is 15.4. The molecule has 3 aromatic heterocycles. The van der Waals surface area contributed by atoms with Gasteiger partial charge in [-0.2, -0.15) is 4.37 Å². The Balaban J connectivity index is 1.48. The Hall–Kier alpha value is -3.58. The van der Waals surface area contributed by atoms with Crippen molar-refractivity contribution >= 4 is 45.3 Å². The lowest BCUT2D eigenvalue weighted by atomic mass is 10.2. The third-order valence-corrected chi connectivity index (χ3v) is 5.66. The van der Waals surface area contributed by atoms with Crippen LogP contribution < -0.4 is 5.32 Å². The van der Waals surface area contributed by atoms with Crippen molar-refractivity contribution in [1.29, 1.82) is 0 Å². The summed E-state index contributed by atoms with van der Waals surface area (Å²) in [5, 5.41) is 3.85.